The van der Waals surface area contributed by atoms with Crippen molar-refractivity contribution in [2.24, 2.45) is 0 Å². The molecule has 12 rings (SSSR count). The molecule has 0 N–H and O–H groups in total. The number of hydrogen-bond acceptors (Lipinski definition) is 2. The van der Waals surface area contributed by atoms with E-state index in [0.717, 1.165) is 50.8 Å². The third-order valence-electron chi connectivity index (χ3n) is 13.5. The van der Waals surface area contributed by atoms with Gasteiger partial charge in [0, 0.05) is 33.6 Å². The molecule has 0 bridgehead atoms. The second kappa shape index (κ2) is 15.6. The number of nitrogens with zero attached hydrogens (tertiary/aromatic N) is 1. The smallest absolute Gasteiger partial charge is 0.135 e. The Morgan fingerprint density at radius 1 is 0.277 bits per heavy atom. The maximum Gasteiger partial charge on any atom is 0.135 e. The van der Waals surface area contributed by atoms with Gasteiger partial charge >= 0.3 is 0 Å². The van der Waals surface area contributed by atoms with Crippen LogP contribution in [0.1, 0.15) is 25.0 Å². The Morgan fingerprint density at radius 2 is 0.692 bits per heavy atom. The molecule has 0 fully saturated rings. The highest BCUT2D eigenvalue weighted by molar-refractivity contribution is 5.93. The lowest BCUT2D eigenvalue weighted by Gasteiger charge is -2.28. The van der Waals surface area contributed by atoms with E-state index in [1.54, 1.807) is 0 Å². The molecular weight excluding hydrogens is 787 g/mol. The van der Waals surface area contributed by atoms with Crippen LogP contribution in [0.4, 0.5) is 17.1 Å². The zero-order valence-electron chi connectivity index (χ0n) is 36.4. The topological polar surface area (TPSA) is 12.5 Å². The Morgan fingerprint density at radius 3 is 1.32 bits per heavy atom. The first kappa shape index (κ1) is 38.5. The van der Waals surface area contributed by atoms with Gasteiger partial charge in [0.25, 0.3) is 0 Å². The van der Waals surface area contributed by atoms with Crippen LogP contribution in [0.25, 0.3) is 77.9 Å². The summed E-state index contributed by atoms with van der Waals surface area (Å²) in [4.78, 5) is 2.39. The Balaban J connectivity index is 0.856. The van der Waals surface area contributed by atoms with Crippen molar-refractivity contribution in [3.05, 3.63) is 248 Å². The van der Waals surface area contributed by atoms with Crippen LogP contribution in [0.5, 0.6) is 11.5 Å². The van der Waals surface area contributed by atoms with Crippen LogP contribution in [0.2, 0.25) is 0 Å². The van der Waals surface area contributed by atoms with Crippen molar-refractivity contribution in [3.63, 3.8) is 0 Å². The van der Waals surface area contributed by atoms with Crippen LogP contribution in [0, 0.1) is 0 Å². The predicted molar refractivity (Wildman–Crippen MR) is 271 cm³/mol. The lowest BCUT2D eigenvalue weighted by Crippen LogP contribution is -2.16. The molecule has 0 unspecified atom stereocenters. The Labute approximate surface area is 381 Å². The van der Waals surface area contributed by atoms with Crippen molar-refractivity contribution in [3.8, 4) is 89.4 Å². The summed E-state index contributed by atoms with van der Waals surface area (Å²) in [6.07, 6.45) is 0. The standard InChI is InChI=1S/C63H45NO/c1-63(2)59-20-12-11-19-55(59)56-37-35-52(41-60(56)63)64(50-31-25-45(26-32-50)42-13-5-3-6-14-42)51-33-27-46(28-34-51)44-21-23-47(24-22-44)49-29-36-57-53-17-9-10-18-54(53)58-39-48(43-15-7-4-8-16-43)30-38-61(58)65-62(57)40-49/h3-41H,1-2H3. The van der Waals surface area contributed by atoms with Gasteiger partial charge in [-0.05, 0) is 139 Å². The molecule has 2 aliphatic rings. The monoisotopic (exact) mass is 831 g/mol. The summed E-state index contributed by atoms with van der Waals surface area (Å²) in [5.41, 5.74) is 22.5. The molecule has 0 amide bonds. The molecule has 2 nitrogen and oxygen atoms in total. The molecule has 0 saturated carbocycles. The largest absolute Gasteiger partial charge is 0.456 e. The average Bonchev–Trinajstić information content (AvgIpc) is 3.50. The predicted octanol–water partition coefficient (Wildman–Crippen LogP) is 17.6. The maximum atomic E-state index is 6.79. The fourth-order valence-corrected chi connectivity index (χ4v) is 10.1. The lowest BCUT2D eigenvalue weighted by atomic mass is 9.82. The van der Waals surface area contributed by atoms with E-state index in [9.17, 15) is 0 Å². The van der Waals surface area contributed by atoms with Gasteiger partial charge in [-0.3, -0.25) is 0 Å². The minimum atomic E-state index is -0.101. The average molecular weight is 832 g/mol. The molecule has 1 aliphatic heterocycles. The molecule has 2 heteroatoms. The molecule has 1 heterocycles. The molecule has 10 aromatic rings. The summed E-state index contributed by atoms with van der Waals surface area (Å²) in [7, 11) is 0. The minimum absolute atomic E-state index is 0.101. The summed E-state index contributed by atoms with van der Waals surface area (Å²) in [6.45, 7) is 4.70. The van der Waals surface area contributed by atoms with Gasteiger partial charge in [-0.2, -0.15) is 0 Å². The Kier molecular flexibility index (Phi) is 9.21. The second-order valence-corrected chi connectivity index (χ2v) is 17.7. The number of fused-ring (bicyclic) bond motifs is 8. The minimum Gasteiger partial charge on any atom is -0.456 e. The molecular formula is C63H45NO. The van der Waals surface area contributed by atoms with Crippen LogP contribution in [-0.2, 0) is 5.41 Å². The van der Waals surface area contributed by atoms with E-state index in [-0.39, 0.29) is 5.41 Å². The maximum absolute atomic E-state index is 6.79. The van der Waals surface area contributed by atoms with E-state index >= 15 is 0 Å². The molecule has 10 aromatic carbocycles. The van der Waals surface area contributed by atoms with Crippen molar-refractivity contribution in [2.75, 3.05) is 4.90 Å². The number of rotatable bonds is 7. The highest BCUT2D eigenvalue weighted by atomic mass is 16.5. The first-order valence-corrected chi connectivity index (χ1v) is 22.5. The Hall–Kier alpha value is -8.20. The summed E-state index contributed by atoms with van der Waals surface area (Å²) in [5.74, 6) is 1.72. The fourth-order valence-electron chi connectivity index (χ4n) is 10.1. The summed E-state index contributed by atoms with van der Waals surface area (Å²) in [5, 5.41) is 0. The van der Waals surface area contributed by atoms with Crippen molar-refractivity contribution in [1.29, 1.82) is 0 Å². The van der Waals surface area contributed by atoms with Crippen molar-refractivity contribution >= 4 is 17.1 Å². The number of benzene rings is 10. The highest BCUT2D eigenvalue weighted by Gasteiger charge is 2.35. The van der Waals surface area contributed by atoms with Crippen molar-refractivity contribution < 1.29 is 4.74 Å². The van der Waals surface area contributed by atoms with Crippen LogP contribution >= 0.6 is 0 Å². The second-order valence-electron chi connectivity index (χ2n) is 17.7. The zero-order valence-corrected chi connectivity index (χ0v) is 36.4. The number of anilines is 3. The molecule has 308 valence electrons. The molecule has 0 atom stereocenters. The van der Waals surface area contributed by atoms with Crippen LogP contribution < -0.4 is 9.64 Å². The van der Waals surface area contributed by atoms with E-state index in [0.29, 0.717) is 0 Å². The van der Waals surface area contributed by atoms with E-state index < -0.39 is 0 Å². The summed E-state index contributed by atoms with van der Waals surface area (Å²) in [6, 6.07) is 85.6. The first-order chi connectivity index (χ1) is 32.0. The first-order valence-electron chi connectivity index (χ1n) is 22.5. The van der Waals surface area contributed by atoms with Gasteiger partial charge in [0.05, 0.1) is 0 Å². The lowest BCUT2D eigenvalue weighted by molar-refractivity contribution is 0.488. The third-order valence-corrected chi connectivity index (χ3v) is 13.5. The molecule has 65 heavy (non-hydrogen) atoms. The van der Waals surface area contributed by atoms with Gasteiger partial charge in [0.15, 0.2) is 0 Å². The molecule has 0 saturated heterocycles. The summed E-state index contributed by atoms with van der Waals surface area (Å²) < 4.78 is 6.79. The molecule has 0 spiro atoms. The van der Waals surface area contributed by atoms with Gasteiger partial charge in [-0.25, -0.2) is 0 Å². The van der Waals surface area contributed by atoms with Gasteiger partial charge in [-0.1, -0.05) is 190 Å². The SMILES string of the molecule is CC1(C)c2ccccc2-c2ccc(N(c3ccc(-c4ccccc4)cc3)c3ccc(-c4ccc(-c5ccc6c(c5)Oc5ccc(-c7ccccc7)cc5-c5ccccc5-6)cc4)cc3)cc21. The molecule has 0 radical (unpaired) electrons. The quantitative estimate of drug-likeness (QED) is 0.159. The normalized spacial score (nSPS) is 12.7. The highest BCUT2D eigenvalue weighted by Crippen LogP contribution is 2.52. The van der Waals surface area contributed by atoms with Crippen molar-refractivity contribution in [2.45, 2.75) is 19.3 Å². The van der Waals surface area contributed by atoms with Gasteiger partial charge in [0.1, 0.15) is 11.5 Å². The van der Waals surface area contributed by atoms with Gasteiger partial charge in [-0.15, -0.1) is 0 Å². The zero-order chi connectivity index (χ0) is 43.5. The number of hydrogen-bond donors (Lipinski definition) is 0. The number of ether oxygens (including phenoxy) is 1. The van der Waals surface area contributed by atoms with Crippen LogP contribution in [-0.4, -0.2) is 0 Å². The van der Waals surface area contributed by atoms with Crippen LogP contribution in [0.15, 0.2) is 237 Å². The van der Waals surface area contributed by atoms with Crippen LogP contribution in [0.3, 0.4) is 0 Å². The third kappa shape index (κ3) is 6.74. The van der Waals surface area contributed by atoms with E-state index in [1.165, 1.54) is 66.8 Å². The molecule has 1 aliphatic carbocycles. The van der Waals surface area contributed by atoms with Crippen molar-refractivity contribution in [1.82, 2.24) is 0 Å². The van der Waals surface area contributed by atoms with Gasteiger partial charge in [0.2, 0.25) is 0 Å². The summed E-state index contributed by atoms with van der Waals surface area (Å²) >= 11 is 0. The van der Waals surface area contributed by atoms with Gasteiger partial charge < -0.3 is 9.64 Å². The van der Waals surface area contributed by atoms with E-state index in [4.69, 9.17) is 4.74 Å². The molecule has 0 aromatic heterocycles. The fraction of sp³-hybridized carbons (Fsp3) is 0.0476. The van der Waals surface area contributed by atoms with E-state index in [1.807, 2.05) is 0 Å². The Bertz CT molecular complexity index is 3390. The van der Waals surface area contributed by atoms with E-state index in [2.05, 4.69) is 255 Å².